The maximum Gasteiger partial charge on any atom is 0.338 e. The summed E-state index contributed by atoms with van der Waals surface area (Å²) in [5, 5.41) is 0. The number of hydrogen-bond donors (Lipinski definition) is 0. The molecule has 1 atom stereocenters. The van der Waals surface area contributed by atoms with Crippen LogP contribution in [0.1, 0.15) is 37.9 Å². The molecule has 4 rings (SSSR count). The highest BCUT2D eigenvalue weighted by Gasteiger charge is 2.35. The van der Waals surface area contributed by atoms with Gasteiger partial charge < -0.3 is 14.2 Å². The van der Waals surface area contributed by atoms with Gasteiger partial charge in [0.1, 0.15) is 17.5 Å². The molecule has 0 unspecified atom stereocenters. The van der Waals surface area contributed by atoms with Crippen LogP contribution in [-0.4, -0.2) is 35.8 Å². The highest BCUT2D eigenvalue weighted by molar-refractivity contribution is 7.07. The maximum atomic E-state index is 13.7. The van der Waals surface area contributed by atoms with Crippen molar-refractivity contribution in [2.75, 3.05) is 14.2 Å². The fourth-order valence-electron chi connectivity index (χ4n) is 3.82. The molecule has 0 N–H and O–H groups in total. The number of pyridine rings is 1. The Morgan fingerprint density at radius 1 is 1.21 bits per heavy atom. The van der Waals surface area contributed by atoms with Crippen molar-refractivity contribution in [3.63, 3.8) is 0 Å². The van der Waals surface area contributed by atoms with Gasteiger partial charge in [-0.3, -0.25) is 14.3 Å². The first-order chi connectivity index (χ1) is 16.3. The molecule has 176 valence electrons. The van der Waals surface area contributed by atoms with Crippen LogP contribution in [0.25, 0.3) is 6.08 Å². The van der Waals surface area contributed by atoms with Crippen LogP contribution in [0.3, 0.4) is 0 Å². The number of ether oxygens (including phenoxy) is 3. The minimum absolute atomic E-state index is 0.273. The largest absolute Gasteiger partial charge is 0.497 e. The molecule has 34 heavy (non-hydrogen) atoms. The topological polar surface area (TPSA) is 92.0 Å². The van der Waals surface area contributed by atoms with Crippen LogP contribution in [0.15, 0.2) is 63.8 Å². The highest BCUT2D eigenvalue weighted by atomic mass is 32.1. The molecular formula is C25H25N3O5S. The lowest BCUT2D eigenvalue weighted by atomic mass is 9.94. The summed E-state index contributed by atoms with van der Waals surface area (Å²) in [5.41, 5.74) is 1.87. The molecule has 0 saturated heterocycles. The second kappa shape index (κ2) is 9.64. The van der Waals surface area contributed by atoms with E-state index < -0.39 is 12.0 Å². The predicted octanol–water partition coefficient (Wildman–Crippen LogP) is 2.60. The van der Waals surface area contributed by atoms with E-state index in [2.05, 4.69) is 9.98 Å². The van der Waals surface area contributed by atoms with Gasteiger partial charge in [0, 0.05) is 18.0 Å². The molecule has 9 heteroatoms. The van der Waals surface area contributed by atoms with Crippen molar-refractivity contribution in [3.8, 4) is 11.5 Å². The van der Waals surface area contributed by atoms with E-state index >= 15 is 0 Å². The second-order valence-electron chi connectivity index (χ2n) is 7.93. The Morgan fingerprint density at radius 3 is 2.65 bits per heavy atom. The van der Waals surface area contributed by atoms with E-state index in [9.17, 15) is 9.59 Å². The van der Waals surface area contributed by atoms with Crippen molar-refractivity contribution in [3.05, 3.63) is 84.8 Å². The molecule has 0 radical (unpaired) electrons. The summed E-state index contributed by atoms with van der Waals surface area (Å²) >= 11 is 1.25. The first-order valence-corrected chi connectivity index (χ1v) is 11.5. The van der Waals surface area contributed by atoms with E-state index in [4.69, 9.17) is 14.2 Å². The number of carbonyl (C=O) groups excluding carboxylic acids is 1. The van der Waals surface area contributed by atoms with Crippen LogP contribution in [0, 0.1) is 0 Å². The summed E-state index contributed by atoms with van der Waals surface area (Å²) in [6, 6.07) is 8.14. The Bertz CT molecular complexity index is 1440. The number of allylic oxidation sites excluding steroid dienone is 1. The van der Waals surface area contributed by atoms with E-state index in [0.29, 0.717) is 32.1 Å². The van der Waals surface area contributed by atoms with Crippen molar-refractivity contribution < 1.29 is 19.0 Å². The fraction of sp³-hybridized carbons (Fsp3) is 0.280. The summed E-state index contributed by atoms with van der Waals surface area (Å²) in [7, 11) is 3.10. The Kier molecular flexibility index (Phi) is 6.65. The zero-order chi connectivity index (χ0) is 24.4. The number of carbonyl (C=O) groups is 1. The van der Waals surface area contributed by atoms with Crippen LogP contribution < -0.4 is 24.4 Å². The van der Waals surface area contributed by atoms with Crippen molar-refractivity contribution in [1.82, 2.24) is 9.55 Å². The molecule has 1 aromatic carbocycles. The molecule has 0 bridgehead atoms. The molecule has 0 fully saturated rings. The lowest BCUT2D eigenvalue weighted by molar-refractivity contribution is -0.143. The summed E-state index contributed by atoms with van der Waals surface area (Å²) in [6.45, 7) is 5.30. The zero-order valence-corrected chi connectivity index (χ0v) is 20.4. The zero-order valence-electron chi connectivity index (χ0n) is 19.6. The van der Waals surface area contributed by atoms with Gasteiger partial charge in [0.25, 0.3) is 5.56 Å². The lowest BCUT2D eigenvalue weighted by Gasteiger charge is -2.26. The number of thiazole rings is 1. The molecular weight excluding hydrogens is 454 g/mol. The number of aromatic nitrogens is 2. The second-order valence-corrected chi connectivity index (χ2v) is 8.94. The number of hydrogen-bond acceptors (Lipinski definition) is 8. The van der Waals surface area contributed by atoms with E-state index in [1.54, 1.807) is 77.7 Å². The first kappa shape index (κ1) is 23.4. The lowest BCUT2D eigenvalue weighted by Crippen LogP contribution is -2.40. The summed E-state index contributed by atoms with van der Waals surface area (Å²) in [5.74, 6) is 0.546. The Balaban J connectivity index is 2.02. The van der Waals surface area contributed by atoms with E-state index in [0.717, 1.165) is 5.56 Å². The minimum atomic E-state index is -0.802. The van der Waals surface area contributed by atoms with Gasteiger partial charge in [-0.25, -0.2) is 9.79 Å². The molecule has 3 heterocycles. The van der Waals surface area contributed by atoms with Gasteiger partial charge in [0.05, 0.1) is 36.1 Å². The van der Waals surface area contributed by atoms with Gasteiger partial charge >= 0.3 is 5.97 Å². The molecule has 1 aliphatic heterocycles. The average molecular weight is 480 g/mol. The number of fused-ring (bicyclic) bond motifs is 1. The van der Waals surface area contributed by atoms with Crippen LogP contribution in [-0.2, 0) is 9.53 Å². The maximum absolute atomic E-state index is 13.7. The van der Waals surface area contributed by atoms with E-state index in [1.165, 1.54) is 15.9 Å². The number of rotatable bonds is 6. The van der Waals surface area contributed by atoms with Crippen molar-refractivity contribution in [1.29, 1.82) is 0 Å². The van der Waals surface area contributed by atoms with Gasteiger partial charge in [0.15, 0.2) is 4.80 Å². The van der Waals surface area contributed by atoms with Gasteiger partial charge in [-0.1, -0.05) is 17.4 Å². The summed E-state index contributed by atoms with van der Waals surface area (Å²) in [4.78, 5) is 36.1. The number of methoxy groups -OCH3 is 2. The standard InChI is InChI=1S/C25H25N3O5S/c1-14(2)33-24(30)21-15(3)27-25-28(22(21)18-12-17(31-4)8-9-19(18)32-5)23(29)20(34-25)11-16-7-6-10-26-13-16/h6-14,22H,1-5H3/b20-11+/t22-/m0/s1. The highest BCUT2D eigenvalue weighted by Crippen LogP contribution is 2.37. The molecule has 0 amide bonds. The normalized spacial score (nSPS) is 15.7. The van der Waals surface area contributed by atoms with Crippen molar-refractivity contribution in [2.24, 2.45) is 4.99 Å². The molecule has 3 aromatic rings. The van der Waals surface area contributed by atoms with Crippen molar-refractivity contribution >= 4 is 23.4 Å². The molecule has 2 aromatic heterocycles. The van der Waals surface area contributed by atoms with Crippen LogP contribution in [0.5, 0.6) is 11.5 Å². The first-order valence-electron chi connectivity index (χ1n) is 10.7. The molecule has 0 saturated carbocycles. The van der Waals surface area contributed by atoms with E-state index in [-0.39, 0.29) is 17.2 Å². The molecule has 0 aliphatic carbocycles. The van der Waals surface area contributed by atoms with Gasteiger partial charge in [-0.2, -0.15) is 0 Å². The summed E-state index contributed by atoms with van der Waals surface area (Å²) in [6.07, 6.45) is 4.78. The third-order valence-corrected chi connectivity index (χ3v) is 6.28. The quantitative estimate of drug-likeness (QED) is 0.505. The number of esters is 1. The predicted molar refractivity (Wildman–Crippen MR) is 129 cm³/mol. The third kappa shape index (κ3) is 4.38. The summed E-state index contributed by atoms with van der Waals surface area (Å²) < 4.78 is 18.6. The van der Waals surface area contributed by atoms with Gasteiger partial charge in [0.2, 0.25) is 0 Å². The Morgan fingerprint density at radius 2 is 2.00 bits per heavy atom. The Hall–Kier alpha value is -3.72. The smallest absolute Gasteiger partial charge is 0.338 e. The van der Waals surface area contributed by atoms with Gasteiger partial charge in [-0.05, 0) is 56.7 Å². The Labute approximate surface area is 200 Å². The van der Waals surface area contributed by atoms with Gasteiger partial charge in [-0.15, -0.1) is 0 Å². The molecule has 8 nitrogen and oxygen atoms in total. The number of nitrogens with zero attached hydrogens (tertiary/aromatic N) is 3. The van der Waals surface area contributed by atoms with Crippen molar-refractivity contribution in [2.45, 2.75) is 32.9 Å². The third-order valence-electron chi connectivity index (χ3n) is 5.30. The van der Waals surface area contributed by atoms with Crippen LogP contribution >= 0.6 is 11.3 Å². The number of benzene rings is 1. The SMILES string of the molecule is COc1ccc(OC)c([C@H]2C(C(=O)OC(C)C)=C(C)N=c3s/c(=C/c4cccnc4)c(=O)n32)c1. The van der Waals surface area contributed by atoms with Crippen LogP contribution in [0.2, 0.25) is 0 Å². The minimum Gasteiger partial charge on any atom is -0.497 e. The molecule has 1 aliphatic rings. The monoisotopic (exact) mass is 479 g/mol. The van der Waals surface area contributed by atoms with E-state index in [1.807, 2.05) is 6.07 Å². The fourth-order valence-corrected chi connectivity index (χ4v) is 4.87. The molecule has 0 spiro atoms. The van der Waals surface area contributed by atoms with Crippen LogP contribution in [0.4, 0.5) is 0 Å². The average Bonchev–Trinajstić information content (AvgIpc) is 3.12.